The highest BCUT2D eigenvalue weighted by molar-refractivity contribution is 6.32. The molecule has 1 aliphatic carbocycles. The van der Waals surface area contributed by atoms with Gasteiger partial charge in [-0.15, -0.1) is 0 Å². The van der Waals surface area contributed by atoms with Gasteiger partial charge in [0.25, 0.3) is 0 Å². The van der Waals surface area contributed by atoms with Crippen molar-refractivity contribution in [3.05, 3.63) is 46.1 Å². The topological polar surface area (TPSA) is 60.2 Å². The highest BCUT2D eigenvalue weighted by Crippen LogP contribution is 2.22. The van der Waals surface area contributed by atoms with Crippen molar-refractivity contribution < 1.29 is 9.59 Å². The van der Waals surface area contributed by atoms with Gasteiger partial charge in [-0.3, -0.25) is 9.59 Å². The molecule has 0 spiro atoms. The number of Topliss-reactive ketones (excluding diaryl/α,β-unsaturated/α-hetero) is 1. The molecule has 0 heterocycles. The molecular weight excluding hydrogens is 202 g/mol. The molecule has 0 atom stereocenters. The summed E-state index contributed by atoms with van der Waals surface area (Å²) in [5, 5.41) is 0.429. The lowest BCUT2D eigenvalue weighted by molar-refractivity contribution is 0.0983. The summed E-state index contributed by atoms with van der Waals surface area (Å²) < 4.78 is 0. The third-order valence-corrected chi connectivity index (χ3v) is 2.28. The Hall–Kier alpha value is -1.61. The first-order valence-corrected chi connectivity index (χ1v) is 4.33. The van der Waals surface area contributed by atoms with Gasteiger partial charge in [-0.25, -0.2) is 0 Å². The lowest BCUT2D eigenvalue weighted by Crippen LogP contribution is -2.21. The molecule has 1 aromatic carbocycles. The number of nitrogens with two attached hydrogens (primary N) is 1. The molecule has 0 saturated heterocycles. The average Bonchev–Trinajstić information content (AvgIpc) is 2.14. The lowest BCUT2D eigenvalue weighted by atomic mass is 9.93. The first-order valence-electron chi connectivity index (χ1n) is 3.95. The van der Waals surface area contributed by atoms with Crippen molar-refractivity contribution >= 4 is 23.2 Å². The van der Waals surface area contributed by atoms with Gasteiger partial charge in [-0.2, -0.15) is 0 Å². The van der Waals surface area contributed by atoms with Crippen molar-refractivity contribution in [2.24, 2.45) is 5.73 Å². The van der Waals surface area contributed by atoms with E-state index in [-0.39, 0.29) is 17.3 Å². The van der Waals surface area contributed by atoms with Crippen LogP contribution >= 0.6 is 11.6 Å². The summed E-state index contributed by atoms with van der Waals surface area (Å²) in [4.78, 5) is 22.9. The molecule has 0 aromatic heterocycles. The van der Waals surface area contributed by atoms with Crippen LogP contribution in [-0.4, -0.2) is 11.6 Å². The molecule has 0 radical (unpaired) electrons. The quantitative estimate of drug-likeness (QED) is 0.702. The lowest BCUT2D eigenvalue weighted by Gasteiger charge is -2.11. The normalized spacial score (nSPS) is 15.1. The van der Waals surface area contributed by atoms with E-state index in [0.717, 1.165) is 6.08 Å². The number of rotatable bonds is 0. The number of hydrogen-bond acceptors (Lipinski definition) is 3. The molecule has 4 heteroatoms. The Morgan fingerprint density at radius 2 is 1.86 bits per heavy atom. The summed E-state index contributed by atoms with van der Waals surface area (Å²) >= 11 is 5.71. The number of carbonyl (C=O) groups is 2. The number of hydrogen-bond donors (Lipinski definition) is 1. The fourth-order valence-corrected chi connectivity index (χ4v) is 1.53. The van der Waals surface area contributed by atoms with Gasteiger partial charge >= 0.3 is 0 Å². The van der Waals surface area contributed by atoms with E-state index in [1.807, 2.05) is 0 Å². The minimum atomic E-state index is -0.323. The van der Waals surface area contributed by atoms with Gasteiger partial charge in [-0.05, 0) is 18.2 Å². The maximum atomic E-state index is 11.5. The van der Waals surface area contributed by atoms with Crippen molar-refractivity contribution in [2.75, 3.05) is 0 Å². The Kier molecular flexibility index (Phi) is 1.89. The molecule has 1 aliphatic rings. The van der Waals surface area contributed by atoms with Gasteiger partial charge in [-0.1, -0.05) is 11.6 Å². The van der Waals surface area contributed by atoms with Gasteiger partial charge in [0, 0.05) is 22.2 Å². The smallest absolute Gasteiger partial charge is 0.209 e. The fraction of sp³-hybridized carbons (Fsp3) is 0. The second kappa shape index (κ2) is 2.96. The summed E-state index contributed by atoms with van der Waals surface area (Å²) in [6.45, 7) is 0. The van der Waals surface area contributed by atoms with Crippen LogP contribution in [0, 0.1) is 0 Å². The number of allylic oxidation sites excluding steroid dienone is 2. The van der Waals surface area contributed by atoms with E-state index < -0.39 is 0 Å². The fourth-order valence-electron chi connectivity index (χ4n) is 1.36. The second-order valence-electron chi connectivity index (χ2n) is 2.98. The minimum absolute atomic E-state index is 0.0233. The molecule has 2 rings (SSSR count). The zero-order valence-corrected chi connectivity index (χ0v) is 7.84. The number of ketones is 2. The Morgan fingerprint density at radius 1 is 1.14 bits per heavy atom. The van der Waals surface area contributed by atoms with Crippen molar-refractivity contribution in [3.8, 4) is 0 Å². The molecule has 14 heavy (non-hydrogen) atoms. The Labute approximate surface area is 85.2 Å². The third kappa shape index (κ3) is 1.22. The van der Waals surface area contributed by atoms with E-state index in [1.54, 1.807) is 6.07 Å². The van der Waals surface area contributed by atoms with E-state index in [2.05, 4.69) is 0 Å². The van der Waals surface area contributed by atoms with Crippen LogP contribution in [0.4, 0.5) is 0 Å². The Bertz CT molecular complexity index is 477. The monoisotopic (exact) mass is 207 g/mol. The molecule has 0 bridgehead atoms. The second-order valence-corrected chi connectivity index (χ2v) is 3.42. The average molecular weight is 208 g/mol. The Morgan fingerprint density at radius 3 is 2.57 bits per heavy atom. The number of benzene rings is 1. The first-order chi connectivity index (χ1) is 6.59. The highest BCUT2D eigenvalue weighted by Gasteiger charge is 2.23. The molecule has 0 fully saturated rings. The summed E-state index contributed by atoms with van der Waals surface area (Å²) in [5.74, 6) is -0.601. The maximum Gasteiger partial charge on any atom is 0.209 e. The van der Waals surface area contributed by atoms with Crippen LogP contribution in [0.3, 0.4) is 0 Å². The van der Waals surface area contributed by atoms with Crippen LogP contribution in [0.15, 0.2) is 30.0 Å². The van der Waals surface area contributed by atoms with Crippen LogP contribution in [0.5, 0.6) is 0 Å². The number of halogens is 1. The van der Waals surface area contributed by atoms with Gasteiger partial charge in [0.15, 0.2) is 5.78 Å². The zero-order valence-electron chi connectivity index (χ0n) is 7.08. The zero-order chi connectivity index (χ0) is 10.3. The molecule has 0 saturated carbocycles. The molecule has 2 N–H and O–H groups in total. The minimum Gasteiger partial charge on any atom is -0.395 e. The molecule has 70 valence electrons. The molecule has 0 amide bonds. The molecule has 0 unspecified atom stereocenters. The van der Waals surface area contributed by atoms with Crippen LogP contribution < -0.4 is 5.73 Å². The summed E-state index contributed by atoms with van der Waals surface area (Å²) in [6, 6.07) is 4.54. The molecule has 0 aliphatic heterocycles. The third-order valence-electron chi connectivity index (χ3n) is 2.04. The van der Waals surface area contributed by atoms with Gasteiger partial charge in [0.2, 0.25) is 5.78 Å². The van der Waals surface area contributed by atoms with Crippen LogP contribution in [0.25, 0.3) is 0 Å². The van der Waals surface area contributed by atoms with E-state index in [0.29, 0.717) is 16.1 Å². The van der Waals surface area contributed by atoms with Gasteiger partial charge < -0.3 is 5.73 Å². The van der Waals surface area contributed by atoms with E-state index in [1.165, 1.54) is 12.1 Å². The molecule has 3 nitrogen and oxygen atoms in total. The van der Waals surface area contributed by atoms with Crippen molar-refractivity contribution in [2.45, 2.75) is 0 Å². The van der Waals surface area contributed by atoms with Crippen LogP contribution in [0.1, 0.15) is 20.7 Å². The summed E-state index contributed by atoms with van der Waals surface area (Å²) in [5.41, 5.74) is 5.99. The first kappa shape index (κ1) is 8.97. The largest absolute Gasteiger partial charge is 0.395 e. The Balaban J connectivity index is 2.69. The van der Waals surface area contributed by atoms with Crippen LogP contribution in [0.2, 0.25) is 5.02 Å². The molecule has 1 aromatic rings. The van der Waals surface area contributed by atoms with Gasteiger partial charge in [0.05, 0.1) is 5.70 Å². The van der Waals surface area contributed by atoms with Crippen molar-refractivity contribution in [3.63, 3.8) is 0 Å². The standard InChI is InChI=1S/C10H6ClNO2/c11-5-1-2-6-7(3-5)9(13)4-8(12)10(6)14/h1-4H,12H2. The van der Waals surface area contributed by atoms with Crippen LogP contribution in [-0.2, 0) is 0 Å². The predicted octanol–water partition coefficient (Wildman–Crippen LogP) is 1.56. The van der Waals surface area contributed by atoms with E-state index in [9.17, 15) is 9.59 Å². The summed E-state index contributed by atoms with van der Waals surface area (Å²) in [6.07, 6.45) is 1.13. The number of carbonyl (C=O) groups excluding carboxylic acids is 2. The molecular formula is C10H6ClNO2. The van der Waals surface area contributed by atoms with Crippen molar-refractivity contribution in [1.29, 1.82) is 0 Å². The van der Waals surface area contributed by atoms with Gasteiger partial charge in [0.1, 0.15) is 0 Å². The van der Waals surface area contributed by atoms with Crippen molar-refractivity contribution in [1.82, 2.24) is 0 Å². The maximum absolute atomic E-state index is 11.5. The number of fused-ring (bicyclic) bond motifs is 1. The summed E-state index contributed by atoms with van der Waals surface area (Å²) in [7, 11) is 0. The predicted molar refractivity (Wildman–Crippen MR) is 52.4 cm³/mol. The van der Waals surface area contributed by atoms with E-state index >= 15 is 0 Å². The van der Waals surface area contributed by atoms with E-state index in [4.69, 9.17) is 17.3 Å². The SMILES string of the molecule is NC1=CC(=O)c2cc(Cl)ccc2C1=O. The highest BCUT2D eigenvalue weighted by atomic mass is 35.5.